The average molecular weight is 353 g/mol. The molecule has 1 fully saturated rings. The number of benzene rings is 1. The maximum Gasteiger partial charge on any atom is 0.251 e. The number of hydrogen-bond acceptors (Lipinski definition) is 4. The van der Waals surface area contributed by atoms with Crippen molar-refractivity contribution >= 4 is 39.1 Å². The summed E-state index contributed by atoms with van der Waals surface area (Å²) < 4.78 is 28.1. The minimum absolute atomic E-state index is 0.0152. The highest BCUT2D eigenvalue weighted by atomic mass is 35.5. The third-order valence-corrected chi connectivity index (χ3v) is 4.97. The molecule has 1 saturated heterocycles. The van der Waals surface area contributed by atoms with Gasteiger partial charge in [-0.15, -0.1) is 0 Å². The Morgan fingerprint density at radius 2 is 1.90 bits per heavy atom. The minimum Gasteiger partial charge on any atom is -0.381 e. The van der Waals surface area contributed by atoms with E-state index in [1.807, 2.05) is 0 Å². The summed E-state index contributed by atoms with van der Waals surface area (Å²) in [6, 6.07) is 2.42. The zero-order valence-corrected chi connectivity index (χ0v) is 13.3. The molecule has 2 rings (SSSR count). The molecular weight excluding hydrogens is 339 g/mol. The summed E-state index contributed by atoms with van der Waals surface area (Å²) in [6.07, 6.45) is 1.41. The van der Waals surface area contributed by atoms with Crippen LogP contribution in [-0.2, 0) is 14.8 Å². The van der Waals surface area contributed by atoms with Gasteiger partial charge in [-0.1, -0.05) is 23.2 Å². The van der Waals surface area contributed by atoms with Gasteiger partial charge in [0.05, 0.1) is 10.0 Å². The van der Waals surface area contributed by atoms with E-state index in [1.165, 1.54) is 6.07 Å². The second kappa shape index (κ2) is 6.50. The fraction of sp³-hybridized carbons (Fsp3) is 0.417. The summed E-state index contributed by atoms with van der Waals surface area (Å²) >= 11 is 11.7. The lowest BCUT2D eigenvalue weighted by Gasteiger charge is -2.23. The summed E-state index contributed by atoms with van der Waals surface area (Å²) in [5, 5.41) is 7.63. The van der Waals surface area contributed by atoms with Crippen LogP contribution >= 0.6 is 23.2 Å². The molecule has 9 heteroatoms. The van der Waals surface area contributed by atoms with E-state index in [0.717, 1.165) is 6.07 Å². The molecule has 116 valence electrons. The highest BCUT2D eigenvalue weighted by molar-refractivity contribution is 7.89. The van der Waals surface area contributed by atoms with Gasteiger partial charge in [0.1, 0.15) is 4.90 Å². The number of amides is 1. The number of nitrogens with one attached hydrogen (secondary N) is 1. The van der Waals surface area contributed by atoms with Crippen molar-refractivity contribution in [3.8, 4) is 0 Å². The molecule has 1 aliphatic heterocycles. The predicted molar refractivity (Wildman–Crippen MR) is 79.1 cm³/mol. The van der Waals surface area contributed by atoms with Crippen LogP contribution in [0.2, 0.25) is 10.0 Å². The molecule has 0 atom stereocenters. The maximum atomic E-state index is 12.2. The van der Waals surface area contributed by atoms with Crippen molar-refractivity contribution in [1.82, 2.24) is 5.32 Å². The topological polar surface area (TPSA) is 98.5 Å². The number of nitrogens with two attached hydrogens (primary N) is 1. The molecule has 1 amide bonds. The molecule has 1 aliphatic rings. The van der Waals surface area contributed by atoms with E-state index in [-0.39, 0.29) is 26.5 Å². The van der Waals surface area contributed by atoms with Crippen LogP contribution in [0, 0.1) is 0 Å². The minimum atomic E-state index is -4.06. The first kappa shape index (κ1) is 16.5. The molecule has 1 heterocycles. The van der Waals surface area contributed by atoms with E-state index < -0.39 is 15.9 Å². The summed E-state index contributed by atoms with van der Waals surface area (Å²) in [6.45, 7) is 1.16. The van der Waals surface area contributed by atoms with Crippen molar-refractivity contribution in [3.63, 3.8) is 0 Å². The molecule has 0 aliphatic carbocycles. The lowest BCUT2D eigenvalue weighted by Crippen LogP contribution is -2.39. The van der Waals surface area contributed by atoms with Crippen molar-refractivity contribution in [2.24, 2.45) is 5.14 Å². The van der Waals surface area contributed by atoms with Gasteiger partial charge in [-0.2, -0.15) is 0 Å². The fourth-order valence-electron chi connectivity index (χ4n) is 2.01. The third kappa shape index (κ3) is 4.08. The van der Waals surface area contributed by atoms with E-state index in [0.29, 0.717) is 26.1 Å². The number of sulfonamides is 1. The molecule has 0 bridgehead atoms. The number of ether oxygens (including phenoxy) is 1. The number of carbonyl (C=O) groups excluding carboxylic acids is 1. The highest BCUT2D eigenvalue weighted by Gasteiger charge is 2.22. The number of rotatable bonds is 3. The van der Waals surface area contributed by atoms with E-state index in [9.17, 15) is 13.2 Å². The summed E-state index contributed by atoms with van der Waals surface area (Å²) in [4.78, 5) is 11.8. The molecule has 6 nitrogen and oxygen atoms in total. The average Bonchev–Trinajstić information content (AvgIpc) is 2.41. The molecule has 0 unspecified atom stereocenters. The van der Waals surface area contributed by atoms with Crippen LogP contribution in [0.25, 0.3) is 0 Å². The number of carbonyl (C=O) groups is 1. The first-order valence-corrected chi connectivity index (χ1v) is 8.49. The van der Waals surface area contributed by atoms with Gasteiger partial charge in [0.15, 0.2) is 0 Å². The van der Waals surface area contributed by atoms with Crippen molar-refractivity contribution in [2.45, 2.75) is 23.8 Å². The van der Waals surface area contributed by atoms with E-state index in [2.05, 4.69) is 5.32 Å². The van der Waals surface area contributed by atoms with Crippen molar-refractivity contribution in [2.75, 3.05) is 13.2 Å². The van der Waals surface area contributed by atoms with Gasteiger partial charge in [-0.05, 0) is 25.0 Å². The third-order valence-electron chi connectivity index (χ3n) is 3.12. The smallest absolute Gasteiger partial charge is 0.251 e. The summed E-state index contributed by atoms with van der Waals surface area (Å²) in [5.74, 6) is -0.426. The van der Waals surface area contributed by atoms with E-state index in [4.69, 9.17) is 33.1 Å². The second-order valence-electron chi connectivity index (χ2n) is 4.68. The Balaban J connectivity index is 2.27. The summed E-state index contributed by atoms with van der Waals surface area (Å²) in [5.41, 5.74) is 0.0971. The Kier molecular flexibility index (Phi) is 5.11. The second-order valence-corrected chi connectivity index (χ2v) is 6.99. The predicted octanol–water partition coefficient (Wildman–Crippen LogP) is 1.55. The van der Waals surface area contributed by atoms with Crippen LogP contribution in [0.15, 0.2) is 17.0 Å². The standard InChI is InChI=1S/C12H14Cl2N2O4S/c13-9-5-7(6-10(11(9)14)21(15,18)19)12(17)16-8-1-3-20-4-2-8/h5-6,8H,1-4H2,(H,16,17)(H2,15,18,19). The van der Waals surface area contributed by atoms with Gasteiger partial charge >= 0.3 is 0 Å². The molecule has 1 aromatic carbocycles. The van der Waals surface area contributed by atoms with Gasteiger partial charge in [0.2, 0.25) is 10.0 Å². The van der Waals surface area contributed by atoms with Gasteiger partial charge in [-0.25, -0.2) is 13.6 Å². The van der Waals surface area contributed by atoms with Crippen molar-refractivity contribution < 1.29 is 17.9 Å². The van der Waals surface area contributed by atoms with Gasteiger partial charge in [0.25, 0.3) is 5.91 Å². The SMILES string of the molecule is NS(=O)(=O)c1cc(C(=O)NC2CCOCC2)cc(Cl)c1Cl. The van der Waals surface area contributed by atoms with E-state index in [1.54, 1.807) is 0 Å². The number of primary sulfonamides is 1. The zero-order valence-electron chi connectivity index (χ0n) is 10.9. The van der Waals surface area contributed by atoms with Crippen LogP contribution < -0.4 is 10.5 Å². The van der Waals surface area contributed by atoms with Gasteiger partial charge in [-0.3, -0.25) is 4.79 Å². The van der Waals surface area contributed by atoms with Gasteiger partial charge in [0, 0.05) is 24.8 Å². The molecule has 0 saturated carbocycles. The fourth-order valence-corrected chi connectivity index (χ4v) is 3.37. The lowest BCUT2D eigenvalue weighted by atomic mass is 10.1. The Morgan fingerprint density at radius 1 is 1.29 bits per heavy atom. The Bertz CT molecular complexity index is 657. The largest absolute Gasteiger partial charge is 0.381 e. The van der Waals surface area contributed by atoms with Crippen molar-refractivity contribution in [1.29, 1.82) is 0 Å². The first-order valence-electron chi connectivity index (χ1n) is 6.19. The number of hydrogen-bond donors (Lipinski definition) is 2. The molecule has 21 heavy (non-hydrogen) atoms. The normalized spacial score (nSPS) is 16.7. The summed E-state index contributed by atoms with van der Waals surface area (Å²) in [7, 11) is -4.06. The lowest BCUT2D eigenvalue weighted by molar-refractivity contribution is 0.0696. The highest BCUT2D eigenvalue weighted by Crippen LogP contribution is 2.30. The van der Waals surface area contributed by atoms with Crippen LogP contribution in [0.3, 0.4) is 0 Å². The Hall–Kier alpha value is -0.860. The van der Waals surface area contributed by atoms with Gasteiger partial charge < -0.3 is 10.1 Å². The van der Waals surface area contributed by atoms with E-state index >= 15 is 0 Å². The maximum absolute atomic E-state index is 12.2. The van der Waals surface area contributed by atoms with Crippen LogP contribution in [0.5, 0.6) is 0 Å². The molecule has 3 N–H and O–H groups in total. The molecular formula is C12H14Cl2N2O4S. The zero-order chi connectivity index (χ0) is 15.6. The first-order chi connectivity index (χ1) is 9.79. The monoisotopic (exact) mass is 352 g/mol. The molecule has 0 aromatic heterocycles. The van der Waals surface area contributed by atoms with Crippen molar-refractivity contribution in [3.05, 3.63) is 27.7 Å². The Labute approximate surface area is 132 Å². The van der Waals surface area contributed by atoms with Crippen LogP contribution in [0.1, 0.15) is 23.2 Å². The Morgan fingerprint density at radius 3 is 2.48 bits per heavy atom. The number of halogens is 2. The molecule has 1 aromatic rings. The molecule has 0 radical (unpaired) electrons. The van der Waals surface area contributed by atoms with Crippen LogP contribution in [0.4, 0.5) is 0 Å². The van der Waals surface area contributed by atoms with Crippen LogP contribution in [-0.4, -0.2) is 33.6 Å². The molecule has 0 spiro atoms. The quantitative estimate of drug-likeness (QED) is 0.861.